The maximum absolute atomic E-state index is 13.8. The van der Waals surface area contributed by atoms with E-state index in [-0.39, 0.29) is 23.9 Å². The standard InChI is InChI=1S/C16H21FN2O4/c1-21-9-6-14(20)19-8-10-22-13-5-4-12(19)15(13)23-16-11(17)3-2-7-18-16/h2-3,7,12-13,15H,4-6,8-10H2,1H3. The molecule has 1 amide bonds. The van der Waals surface area contributed by atoms with Crippen LogP contribution in [0.1, 0.15) is 19.3 Å². The van der Waals surface area contributed by atoms with Gasteiger partial charge in [-0.15, -0.1) is 0 Å². The van der Waals surface area contributed by atoms with Gasteiger partial charge in [-0.25, -0.2) is 9.37 Å². The second-order valence-corrected chi connectivity index (χ2v) is 5.76. The number of halogens is 1. The van der Waals surface area contributed by atoms with E-state index in [0.29, 0.717) is 26.2 Å². The summed E-state index contributed by atoms with van der Waals surface area (Å²) in [7, 11) is 1.57. The molecule has 126 valence electrons. The lowest BCUT2D eigenvalue weighted by molar-refractivity contribution is -0.135. The predicted octanol–water partition coefficient (Wildman–Crippen LogP) is 1.39. The molecule has 0 radical (unpaired) electrons. The summed E-state index contributed by atoms with van der Waals surface area (Å²) in [6.45, 7) is 1.37. The van der Waals surface area contributed by atoms with Gasteiger partial charge in [0.1, 0.15) is 6.10 Å². The molecule has 2 fully saturated rings. The Morgan fingerprint density at radius 3 is 3.17 bits per heavy atom. The third-order valence-electron chi connectivity index (χ3n) is 4.37. The molecule has 0 spiro atoms. The van der Waals surface area contributed by atoms with Gasteiger partial charge < -0.3 is 19.1 Å². The minimum Gasteiger partial charge on any atom is -0.467 e. The van der Waals surface area contributed by atoms with Crippen molar-refractivity contribution < 1.29 is 23.4 Å². The first-order valence-corrected chi connectivity index (χ1v) is 7.88. The van der Waals surface area contributed by atoms with Crippen LogP contribution in [0.2, 0.25) is 0 Å². The van der Waals surface area contributed by atoms with Crippen molar-refractivity contribution >= 4 is 5.91 Å². The molecule has 6 nitrogen and oxygen atoms in total. The Labute approximate surface area is 134 Å². The van der Waals surface area contributed by atoms with Crippen molar-refractivity contribution in [3.63, 3.8) is 0 Å². The largest absolute Gasteiger partial charge is 0.467 e. The van der Waals surface area contributed by atoms with Crippen molar-refractivity contribution in [3.8, 4) is 5.88 Å². The molecule has 1 saturated heterocycles. The minimum atomic E-state index is -0.506. The highest BCUT2D eigenvalue weighted by Crippen LogP contribution is 2.33. The van der Waals surface area contributed by atoms with E-state index in [2.05, 4.69) is 4.98 Å². The first-order valence-electron chi connectivity index (χ1n) is 7.88. The van der Waals surface area contributed by atoms with E-state index in [9.17, 15) is 9.18 Å². The normalized spacial score (nSPS) is 26.9. The highest BCUT2D eigenvalue weighted by Gasteiger charge is 2.45. The maximum atomic E-state index is 13.8. The number of fused-ring (bicyclic) bond motifs is 2. The van der Waals surface area contributed by atoms with Crippen molar-refractivity contribution in [1.82, 2.24) is 9.88 Å². The molecule has 3 rings (SSSR count). The van der Waals surface area contributed by atoms with Gasteiger partial charge in [0.05, 0.1) is 31.8 Å². The van der Waals surface area contributed by atoms with Crippen LogP contribution in [0.15, 0.2) is 18.3 Å². The topological polar surface area (TPSA) is 60.9 Å². The van der Waals surface area contributed by atoms with Crippen molar-refractivity contribution in [2.24, 2.45) is 0 Å². The molecule has 7 heteroatoms. The molecule has 2 bridgehead atoms. The number of aromatic nitrogens is 1. The lowest BCUT2D eigenvalue weighted by Crippen LogP contribution is -2.48. The number of rotatable bonds is 5. The molecular weight excluding hydrogens is 303 g/mol. The van der Waals surface area contributed by atoms with Gasteiger partial charge in [0.25, 0.3) is 5.88 Å². The molecule has 1 saturated carbocycles. The first kappa shape index (κ1) is 16.1. The van der Waals surface area contributed by atoms with Crippen LogP contribution in [0.5, 0.6) is 5.88 Å². The minimum absolute atomic E-state index is 0.0121. The van der Waals surface area contributed by atoms with Crippen LogP contribution < -0.4 is 4.74 Å². The smallest absolute Gasteiger partial charge is 0.250 e. The second kappa shape index (κ2) is 7.23. The Bertz CT molecular complexity index is 557. The Morgan fingerprint density at radius 1 is 1.52 bits per heavy atom. The SMILES string of the molecule is COCCC(=O)N1CCOC2CCC1C2Oc1ncccc1F. The Hall–Kier alpha value is -1.73. The zero-order valence-electron chi connectivity index (χ0n) is 13.1. The summed E-state index contributed by atoms with van der Waals surface area (Å²) in [6.07, 6.45) is 2.84. The number of methoxy groups -OCH3 is 1. The Balaban J connectivity index is 1.76. The van der Waals surface area contributed by atoms with Crippen LogP contribution in [0.25, 0.3) is 0 Å². The lowest BCUT2D eigenvalue weighted by atomic mass is 10.1. The molecule has 0 N–H and O–H groups in total. The van der Waals surface area contributed by atoms with Gasteiger partial charge in [0, 0.05) is 19.9 Å². The van der Waals surface area contributed by atoms with Gasteiger partial charge in [-0.05, 0) is 25.0 Å². The monoisotopic (exact) mass is 324 g/mol. The van der Waals surface area contributed by atoms with Gasteiger partial charge in [0.2, 0.25) is 5.91 Å². The van der Waals surface area contributed by atoms with E-state index >= 15 is 0 Å². The third kappa shape index (κ3) is 3.45. The van der Waals surface area contributed by atoms with Gasteiger partial charge in [-0.1, -0.05) is 0 Å². The van der Waals surface area contributed by atoms with E-state index in [1.54, 1.807) is 12.0 Å². The molecule has 1 aromatic heterocycles. The molecular formula is C16H21FN2O4. The molecule has 1 aromatic rings. The van der Waals surface area contributed by atoms with E-state index in [1.807, 2.05) is 0 Å². The third-order valence-corrected chi connectivity index (χ3v) is 4.37. The summed E-state index contributed by atoms with van der Waals surface area (Å²) in [6, 6.07) is 2.71. The predicted molar refractivity (Wildman–Crippen MR) is 79.6 cm³/mol. The molecule has 0 aromatic carbocycles. The number of amides is 1. The maximum Gasteiger partial charge on any atom is 0.250 e. The highest BCUT2D eigenvalue weighted by atomic mass is 19.1. The summed E-state index contributed by atoms with van der Waals surface area (Å²) in [5.74, 6) is -0.532. The van der Waals surface area contributed by atoms with Crippen molar-refractivity contribution in [2.75, 3.05) is 26.9 Å². The van der Waals surface area contributed by atoms with Gasteiger partial charge in [-0.3, -0.25) is 4.79 Å². The fourth-order valence-electron chi connectivity index (χ4n) is 3.27. The number of hydrogen-bond donors (Lipinski definition) is 0. The van der Waals surface area contributed by atoms with Crippen LogP contribution in [0.4, 0.5) is 4.39 Å². The molecule has 1 aliphatic carbocycles. The summed E-state index contributed by atoms with van der Waals surface area (Å²) in [4.78, 5) is 18.1. The number of pyridine rings is 1. The number of carbonyl (C=O) groups is 1. The summed E-state index contributed by atoms with van der Waals surface area (Å²) >= 11 is 0. The van der Waals surface area contributed by atoms with E-state index < -0.39 is 11.9 Å². The second-order valence-electron chi connectivity index (χ2n) is 5.76. The van der Waals surface area contributed by atoms with Gasteiger partial charge in [-0.2, -0.15) is 0 Å². The summed E-state index contributed by atoms with van der Waals surface area (Å²) in [5, 5.41) is 0. The zero-order valence-corrected chi connectivity index (χ0v) is 13.1. The van der Waals surface area contributed by atoms with Crippen LogP contribution in [0, 0.1) is 5.82 Å². The molecule has 2 heterocycles. The summed E-state index contributed by atoms with van der Waals surface area (Å²) < 4.78 is 30.4. The number of ether oxygens (including phenoxy) is 3. The van der Waals surface area contributed by atoms with Gasteiger partial charge >= 0.3 is 0 Å². The lowest BCUT2D eigenvalue weighted by Gasteiger charge is -2.31. The number of carbonyl (C=O) groups excluding carboxylic acids is 1. The van der Waals surface area contributed by atoms with Crippen LogP contribution in [-0.4, -0.2) is 60.9 Å². The van der Waals surface area contributed by atoms with E-state index in [4.69, 9.17) is 14.2 Å². The Kier molecular flexibility index (Phi) is 5.07. The summed E-state index contributed by atoms with van der Waals surface area (Å²) in [5.41, 5.74) is 0. The van der Waals surface area contributed by atoms with Crippen molar-refractivity contribution in [3.05, 3.63) is 24.1 Å². The highest BCUT2D eigenvalue weighted by molar-refractivity contribution is 5.76. The van der Waals surface area contributed by atoms with Crippen molar-refractivity contribution in [1.29, 1.82) is 0 Å². The van der Waals surface area contributed by atoms with Crippen LogP contribution in [0.3, 0.4) is 0 Å². The molecule has 23 heavy (non-hydrogen) atoms. The van der Waals surface area contributed by atoms with Crippen LogP contribution >= 0.6 is 0 Å². The number of hydrogen-bond acceptors (Lipinski definition) is 5. The number of nitrogens with zero attached hydrogens (tertiary/aromatic N) is 2. The molecule has 3 atom stereocenters. The first-order chi connectivity index (χ1) is 11.2. The van der Waals surface area contributed by atoms with Crippen LogP contribution in [-0.2, 0) is 14.3 Å². The molecule has 1 aliphatic heterocycles. The average Bonchev–Trinajstić information content (AvgIpc) is 2.83. The van der Waals surface area contributed by atoms with E-state index in [0.717, 1.165) is 12.8 Å². The average molecular weight is 324 g/mol. The van der Waals surface area contributed by atoms with Crippen molar-refractivity contribution in [2.45, 2.75) is 37.5 Å². The fourth-order valence-corrected chi connectivity index (χ4v) is 3.27. The van der Waals surface area contributed by atoms with E-state index in [1.165, 1.54) is 18.3 Å². The quantitative estimate of drug-likeness (QED) is 0.819. The van der Waals surface area contributed by atoms with Gasteiger partial charge in [0.15, 0.2) is 5.82 Å². The zero-order chi connectivity index (χ0) is 16.2. The Morgan fingerprint density at radius 2 is 2.39 bits per heavy atom. The molecule has 3 unspecified atom stereocenters. The molecule has 2 aliphatic rings. The fraction of sp³-hybridized carbons (Fsp3) is 0.625.